The zero-order valence-electron chi connectivity index (χ0n) is 18.6. The summed E-state index contributed by atoms with van der Waals surface area (Å²) < 4.78 is 0. The van der Waals surface area contributed by atoms with Crippen molar-refractivity contribution in [3.63, 3.8) is 0 Å². The van der Waals surface area contributed by atoms with Gasteiger partial charge in [0.1, 0.15) is 12.6 Å². The molecule has 33 heavy (non-hydrogen) atoms. The summed E-state index contributed by atoms with van der Waals surface area (Å²) in [7, 11) is 0. The van der Waals surface area contributed by atoms with E-state index in [0.717, 1.165) is 53.4 Å². The minimum Gasteiger partial charge on any atom is -0.356 e. The van der Waals surface area contributed by atoms with E-state index in [1.165, 1.54) is 12.8 Å². The van der Waals surface area contributed by atoms with Gasteiger partial charge in [-0.3, -0.25) is 9.59 Å². The molecule has 2 aliphatic heterocycles. The maximum Gasteiger partial charge on any atom is 0.246 e. The van der Waals surface area contributed by atoms with Crippen molar-refractivity contribution in [3.8, 4) is 0 Å². The van der Waals surface area contributed by atoms with Gasteiger partial charge in [0, 0.05) is 34.1 Å². The van der Waals surface area contributed by atoms with Crippen molar-refractivity contribution < 1.29 is 9.59 Å². The molecule has 2 aromatic carbocycles. The number of benzene rings is 2. The van der Waals surface area contributed by atoms with Gasteiger partial charge in [-0.2, -0.15) is 0 Å². The average molecular weight is 462 g/mol. The Kier molecular flexibility index (Phi) is 5.17. The van der Waals surface area contributed by atoms with Gasteiger partial charge in [0.05, 0.1) is 6.04 Å². The Morgan fingerprint density at radius 3 is 2.39 bits per heavy atom. The molecule has 0 spiro atoms. The molecule has 1 aromatic heterocycles. The Hall–Kier alpha value is -2.79. The van der Waals surface area contributed by atoms with Crippen molar-refractivity contribution in [1.82, 2.24) is 14.8 Å². The first-order chi connectivity index (χ1) is 16.1. The normalized spacial score (nSPS) is 24.0. The summed E-state index contributed by atoms with van der Waals surface area (Å²) in [5.74, 6) is 0.143. The van der Waals surface area contributed by atoms with E-state index >= 15 is 0 Å². The first-order valence-electron chi connectivity index (χ1n) is 12.1. The molecule has 3 aromatic rings. The second-order valence-electron chi connectivity index (χ2n) is 9.65. The van der Waals surface area contributed by atoms with Crippen LogP contribution in [0.15, 0.2) is 48.5 Å². The minimum atomic E-state index is -0.470. The average Bonchev–Trinajstić information content (AvgIpc) is 2.99. The van der Waals surface area contributed by atoms with Crippen LogP contribution in [0.5, 0.6) is 0 Å². The molecule has 2 atom stereocenters. The Morgan fingerprint density at radius 1 is 0.909 bits per heavy atom. The highest BCUT2D eigenvalue weighted by Gasteiger charge is 2.49. The Bertz CT molecular complexity index is 1210. The van der Waals surface area contributed by atoms with Crippen LogP contribution in [0, 0.1) is 0 Å². The Morgan fingerprint density at radius 2 is 1.64 bits per heavy atom. The van der Waals surface area contributed by atoms with E-state index < -0.39 is 6.04 Å². The van der Waals surface area contributed by atoms with Gasteiger partial charge >= 0.3 is 0 Å². The fourth-order valence-electron chi connectivity index (χ4n) is 6.16. The quantitative estimate of drug-likeness (QED) is 0.531. The first-order valence-corrected chi connectivity index (χ1v) is 12.5. The van der Waals surface area contributed by atoms with E-state index in [1.54, 1.807) is 0 Å². The van der Waals surface area contributed by atoms with Gasteiger partial charge < -0.3 is 14.8 Å². The Labute approximate surface area is 198 Å². The molecule has 1 aliphatic carbocycles. The number of amides is 2. The molecule has 6 rings (SSSR count). The summed E-state index contributed by atoms with van der Waals surface area (Å²) in [6.07, 6.45) is 7.28. The second kappa shape index (κ2) is 8.21. The van der Waals surface area contributed by atoms with Crippen LogP contribution in [-0.2, 0) is 16.0 Å². The van der Waals surface area contributed by atoms with Crippen LogP contribution in [0.25, 0.3) is 10.9 Å². The number of piperazine rings is 1. The van der Waals surface area contributed by atoms with E-state index in [4.69, 9.17) is 11.6 Å². The van der Waals surface area contributed by atoms with Crippen LogP contribution in [-0.4, -0.2) is 45.2 Å². The molecule has 1 N–H and O–H groups in total. The molecular weight excluding hydrogens is 434 g/mol. The minimum absolute atomic E-state index is 0.0353. The maximum absolute atomic E-state index is 13.9. The van der Waals surface area contributed by atoms with Gasteiger partial charge in [0.2, 0.25) is 11.8 Å². The molecular formula is C27H28ClN3O2. The van der Waals surface area contributed by atoms with E-state index in [1.807, 2.05) is 46.2 Å². The fourth-order valence-corrected chi connectivity index (χ4v) is 6.28. The van der Waals surface area contributed by atoms with Crippen molar-refractivity contribution in [2.45, 2.75) is 63.1 Å². The number of hydrogen-bond acceptors (Lipinski definition) is 2. The molecule has 2 unspecified atom stereocenters. The van der Waals surface area contributed by atoms with Gasteiger partial charge in [-0.15, -0.1) is 0 Å². The van der Waals surface area contributed by atoms with Crippen molar-refractivity contribution in [2.75, 3.05) is 6.54 Å². The largest absolute Gasteiger partial charge is 0.356 e. The summed E-state index contributed by atoms with van der Waals surface area (Å²) in [6.45, 7) is 0.180. The third-order valence-electron chi connectivity index (χ3n) is 7.74. The van der Waals surface area contributed by atoms with Crippen molar-refractivity contribution in [3.05, 3.63) is 70.4 Å². The van der Waals surface area contributed by atoms with Crippen molar-refractivity contribution in [2.24, 2.45) is 0 Å². The molecule has 1 saturated carbocycles. The monoisotopic (exact) mass is 461 g/mol. The standard InChI is InChI=1S/C27H28ClN3O2/c28-18-13-11-17(12-14-18)26-25-21(20-9-5-6-10-22(20)29-25)15-23-27(33)30(16-24(32)31(23)26)19-7-3-1-2-4-8-19/h5-6,9-14,19,23,26,29H,1-4,7-8,15-16H2. The number of aromatic amines is 1. The highest BCUT2D eigenvalue weighted by Crippen LogP contribution is 2.43. The third kappa shape index (κ3) is 3.45. The summed E-state index contributed by atoms with van der Waals surface area (Å²) >= 11 is 6.17. The zero-order chi connectivity index (χ0) is 22.5. The number of carbonyl (C=O) groups excluding carboxylic acids is 2. The first kappa shape index (κ1) is 20.8. The fraction of sp³-hybridized carbons (Fsp3) is 0.407. The van der Waals surface area contributed by atoms with Crippen LogP contribution >= 0.6 is 11.6 Å². The lowest BCUT2D eigenvalue weighted by atomic mass is 9.85. The summed E-state index contributed by atoms with van der Waals surface area (Å²) in [5.41, 5.74) is 4.18. The number of carbonyl (C=O) groups is 2. The van der Waals surface area contributed by atoms with Crippen molar-refractivity contribution >= 4 is 34.3 Å². The summed E-state index contributed by atoms with van der Waals surface area (Å²) in [6, 6.07) is 15.3. The van der Waals surface area contributed by atoms with E-state index in [0.29, 0.717) is 11.4 Å². The SMILES string of the molecule is O=C1C2Cc3c([nH]c4ccccc34)C(c3ccc(Cl)cc3)N2C(=O)CN1C1CCCCCC1. The van der Waals surface area contributed by atoms with Crippen LogP contribution in [0.1, 0.15) is 61.4 Å². The zero-order valence-corrected chi connectivity index (χ0v) is 19.4. The predicted molar refractivity (Wildman–Crippen MR) is 129 cm³/mol. The molecule has 3 aliphatic rings. The summed E-state index contributed by atoms with van der Waals surface area (Å²) in [4.78, 5) is 34.9. The number of aromatic nitrogens is 1. The van der Waals surface area contributed by atoms with E-state index in [9.17, 15) is 9.59 Å². The molecule has 2 fully saturated rings. The number of para-hydroxylation sites is 1. The number of nitrogens with zero attached hydrogens (tertiary/aromatic N) is 2. The maximum atomic E-state index is 13.9. The second-order valence-corrected chi connectivity index (χ2v) is 10.1. The highest BCUT2D eigenvalue weighted by atomic mass is 35.5. The highest BCUT2D eigenvalue weighted by molar-refractivity contribution is 6.30. The number of nitrogens with one attached hydrogen (secondary N) is 1. The van der Waals surface area contributed by atoms with Gasteiger partial charge in [-0.25, -0.2) is 0 Å². The van der Waals surface area contributed by atoms with Gasteiger partial charge in [-0.1, -0.05) is 67.6 Å². The molecule has 5 nitrogen and oxygen atoms in total. The van der Waals surface area contributed by atoms with Crippen LogP contribution in [0.4, 0.5) is 0 Å². The van der Waals surface area contributed by atoms with E-state index in [-0.39, 0.29) is 30.4 Å². The van der Waals surface area contributed by atoms with Gasteiger partial charge in [0.25, 0.3) is 0 Å². The number of fused-ring (bicyclic) bond motifs is 4. The number of H-pyrrole nitrogens is 1. The van der Waals surface area contributed by atoms with E-state index in [2.05, 4.69) is 17.1 Å². The molecule has 1 saturated heterocycles. The van der Waals surface area contributed by atoms with Crippen LogP contribution in [0.3, 0.4) is 0 Å². The molecule has 2 amide bonds. The Balaban J connectivity index is 1.46. The lowest BCUT2D eigenvalue weighted by Crippen LogP contribution is -2.64. The molecule has 6 heteroatoms. The third-order valence-corrected chi connectivity index (χ3v) is 8.00. The molecule has 3 heterocycles. The van der Waals surface area contributed by atoms with Gasteiger partial charge in [-0.05, 0) is 42.2 Å². The lowest BCUT2D eigenvalue weighted by Gasteiger charge is -2.48. The number of halogens is 1. The molecule has 0 bridgehead atoms. The summed E-state index contributed by atoms with van der Waals surface area (Å²) in [5, 5.41) is 1.79. The van der Waals surface area contributed by atoms with Crippen LogP contribution in [0.2, 0.25) is 5.02 Å². The van der Waals surface area contributed by atoms with Gasteiger partial charge in [0.15, 0.2) is 0 Å². The molecule has 0 radical (unpaired) electrons. The number of rotatable bonds is 2. The lowest BCUT2D eigenvalue weighted by molar-refractivity contribution is -0.161. The number of hydrogen-bond donors (Lipinski definition) is 1. The van der Waals surface area contributed by atoms with Crippen LogP contribution < -0.4 is 0 Å². The smallest absolute Gasteiger partial charge is 0.246 e. The van der Waals surface area contributed by atoms with Crippen molar-refractivity contribution in [1.29, 1.82) is 0 Å². The topological polar surface area (TPSA) is 56.4 Å². The predicted octanol–water partition coefficient (Wildman–Crippen LogP) is 5.23. The molecule has 170 valence electrons.